The number of benzene rings is 1. The van der Waals surface area contributed by atoms with Crippen molar-refractivity contribution in [1.82, 2.24) is 10.2 Å². The van der Waals surface area contributed by atoms with Gasteiger partial charge in [0.2, 0.25) is 17.7 Å². The predicted octanol–water partition coefficient (Wildman–Crippen LogP) is 2.80. The zero-order valence-corrected chi connectivity index (χ0v) is 14.6. The third-order valence-electron chi connectivity index (χ3n) is 4.30. The number of amides is 2. The molecule has 130 valence electrons. The quantitative estimate of drug-likeness (QED) is 0.846. The van der Waals surface area contributed by atoms with E-state index < -0.39 is 0 Å². The third-order valence-corrected chi connectivity index (χ3v) is 5.10. The van der Waals surface area contributed by atoms with Crippen molar-refractivity contribution in [3.05, 3.63) is 30.2 Å². The van der Waals surface area contributed by atoms with Gasteiger partial charge in [0.1, 0.15) is 0 Å². The maximum Gasteiger partial charge on any atom is 0.277 e. The highest BCUT2D eigenvalue weighted by Gasteiger charge is 2.31. The molecule has 1 N–H and O–H groups in total. The van der Waals surface area contributed by atoms with E-state index in [9.17, 15) is 9.59 Å². The summed E-state index contributed by atoms with van der Waals surface area (Å²) in [6.45, 7) is 1.88. The van der Waals surface area contributed by atoms with Gasteiger partial charge in [-0.2, -0.15) is 0 Å². The van der Waals surface area contributed by atoms with Crippen molar-refractivity contribution in [3.63, 3.8) is 0 Å². The molecule has 0 spiro atoms. The SMILES string of the molecule is CC1CC(=O)Nc2ccccc2N1C(=O)CSc1nnc(C2CC2)o1. The second kappa shape index (κ2) is 6.51. The number of hydrogen-bond donors (Lipinski definition) is 1. The first-order chi connectivity index (χ1) is 12.1. The standard InChI is InChI=1S/C17H18N4O3S/c1-10-8-14(22)18-12-4-2-3-5-13(12)21(10)15(23)9-25-17-20-19-16(24-17)11-6-7-11/h2-5,10-11H,6-9H2,1H3,(H,18,22). The van der Waals surface area contributed by atoms with Crippen LogP contribution >= 0.6 is 11.8 Å². The largest absolute Gasteiger partial charge is 0.416 e. The van der Waals surface area contributed by atoms with E-state index >= 15 is 0 Å². The Morgan fingerprint density at radius 2 is 2.16 bits per heavy atom. The number of rotatable bonds is 4. The van der Waals surface area contributed by atoms with Gasteiger partial charge in [0.25, 0.3) is 5.22 Å². The minimum absolute atomic E-state index is 0.0890. The molecule has 2 aromatic rings. The summed E-state index contributed by atoms with van der Waals surface area (Å²) in [7, 11) is 0. The van der Waals surface area contributed by atoms with Gasteiger partial charge in [-0.25, -0.2) is 0 Å². The van der Waals surface area contributed by atoms with E-state index in [0.717, 1.165) is 18.5 Å². The van der Waals surface area contributed by atoms with Gasteiger partial charge < -0.3 is 14.6 Å². The van der Waals surface area contributed by atoms with Crippen LogP contribution in [-0.4, -0.2) is 33.8 Å². The molecule has 1 aliphatic carbocycles. The first-order valence-corrected chi connectivity index (χ1v) is 9.27. The van der Waals surface area contributed by atoms with Crippen molar-refractivity contribution in [3.8, 4) is 0 Å². The summed E-state index contributed by atoms with van der Waals surface area (Å²) in [4.78, 5) is 26.5. The molecule has 0 radical (unpaired) electrons. The Balaban J connectivity index is 1.50. The molecule has 7 nitrogen and oxygen atoms in total. The summed E-state index contributed by atoms with van der Waals surface area (Å²) < 4.78 is 5.59. The number of nitrogens with one attached hydrogen (secondary N) is 1. The van der Waals surface area contributed by atoms with Crippen LogP contribution < -0.4 is 10.2 Å². The minimum Gasteiger partial charge on any atom is -0.416 e. The number of thioether (sulfide) groups is 1. The zero-order chi connectivity index (χ0) is 17.4. The lowest BCUT2D eigenvalue weighted by atomic mass is 10.2. The number of aromatic nitrogens is 2. The van der Waals surface area contributed by atoms with Crippen molar-refractivity contribution >= 4 is 35.0 Å². The molecule has 8 heteroatoms. The molecule has 2 amide bonds. The molecule has 2 heterocycles. The summed E-state index contributed by atoms with van der Waals surface area (Å²) >= 11 is 1.24. The zero-order valence-electron chi connectivity index (χ0n) is 13.8. The molecule has 1 aromatic heterocycles. The number of nitrogens with zero attached hydrogens (tertiary/aromatic N) is 3. The molecule has 1 fully saturated rings. The van der Waals surface area contributed by atoms with Gasteiger partial charge in [-0.15, -0.1) is 10.2 Å². The first-order valence-electron chi connectivity index (χ1n) is 8.29. The molecule has 4 rings (SSSR count). The highest BCUT2D eigenvalue weighted by Crippen LogP contribution is 2.40. The third kappa shape index (κ3) is 3.39. The van der Waals surface area contributed by atoms with Gasteiger partial charge >= 0.3 is 0 Å². The Hall–Kier alpha value is -2.35. The van der Waals surface area contributed by atoms with Gasteiger partial charge in [-0.1, -0.05) is 23.9 Å². The Morgan fingerprint density at radius 1 is 1.36 bits per heavy atom. The fourth-order valence-corrected chi connectivity index (χ4v) is 3.56. The fourth-order valence-electron chi connectivity index (χ4n) is 2.93. The Kier molecular flexibility index (Phi) is 4.20. The van der Waals surface area contributed by atoms with Gasteiger partial charge in [-0.05, 0) is 31.9 Å². The van der Waals surface area contributed by atoms with Crippen molar-refractivity contribution in [2.24, 2.45) is 0 Å². The van der Waals surface area contributed by atoms with Gasteiger partial charge in [0, 0.05) is 18.4 Å². The molecule has 1 saturated carbocycles. The summed E-state index contributed by atoms with van der Waals surface area (Å²) in [5.41, 5.74) is 1.37. The van der Waals surface area contributed by atoms with Crippen LogP contribution in [0.25, 0.3) is 0 Å². The topological polar surface area (TPSA) is 88.3 Å². The summed E-state index contributed by atoms with van der Waals surface area (Å²) in [5.74, 6) is 1.06. The van der Waals surface area contributed by atoms with E-state index in [-0.39, 0.29) is 30.0 Å². The number of para-hydroxylation sites is 2. The fraction of sp³-hybridized carbons (Fsp3) is 0.412. The second-order valence-electron chi connectivity index (χ2n) is 6.35. The summed E-state index contributed by atoms with van der Waals surface area (Å²) in [6.07, 6.45) is 2.44. The summed E-state index contributed by atoms with van der Waals surface area (Å²) in [6, 6.07) is 7.12. The van der Waals surface area contributed by atoms with Gasteiger partial charge in [-0.3, -0.25) is 9.59 Å². The number of fused-ring (bicyclic) bond motifs is 1. The number of carbonyl (C=O) groups is 2. The van der Waals surface area contributed by atoms with Crippen molar-refractivity contribution < 1.29 is 14.0 Å². The molecule has 0 bridgehead atoms. The van der Waals surface area contributed by atoms with Crippen LogP contribution in [0.5, 0.6) is 0 Å². The van der Waals surface area contributed by atoms with E-state index in [1.165, 1.54) is 11.8 Å². The monoisotopic (exact) mass is 358 g/mol. The lowest BCUT2D eigenvalue weighted by Crippen LogP contribution is -2.40. The highest BCUT2D eigenvalue weighted by atomic mass is 32.2. The van der Waals surface area contributed by atoms with Crippen LogP contribution in [0.4, 0.5) is 11.4 Å². The predicted molar refractivity (Wildman–Crippen MR) is 93.6 cm³/mol. The van der Waals surface area contributed by atoms with Crippen LogP contribution in [0.3, 0.4) is 0 Å². The molecular weight excluding hydrogens is 340 g/mol. The molecule has 1 atom stereocenters. The molecule has 0 saturated heterocycles. The van der Waals surface area contributed by atoms with E-state index in [1.54, 1.807) is 11.0 Å². The number of anilines is 2. The van der Waals surface area contributed by atoms with Crippen LogP contribution in [0, 0.1) is 0 Å². The van der Waals surface area contributed by atoms with Crippen molar-refractivity contribution in [2.45, 2.75) is 43.4 Å². The normalized spacial score (nSPS) is 20.0. The average Bonchev–Trinajstić information content (AvgIpc) is 3.34. The van der Waals surface area contributed by atoms with Gasteiger partial charge in [0.05, 0.1) is 17.1 Å². The minimum atomic E-state index is -0.221. The van der Waals surface area contributed by atoms with Crippen LogP contribution in [0.1, 0.15) is 38.0 Å². The summed E-state index contributed by atoms with van der Waals surface area (Å²) in [5, 5.41) is 11.3. The Labute approximate surface area is 149 Å². The van der Waals surface area contributed by atoms with E-state index in [4.69, 9.17) is 4.42 Å². The van der Waals surface area contributed by atoms with Crippen molar-refractivity contribution in [1.29, 1.82) is 0 Å². The van der Waals surface area contributed by atoms with Crippen LogP contribution in [0.2, 0.25) is 0 Å². The van der Waals surface area contributed by atoms with E-state index in [0.29, 0.717) is 22.7 Å². The van der Waals surface area contributed by atoms with Crippen LogP contribution in [0.15, 0.2) is 33.9 Å². The lowest BCUT2D eigenvalue weighted by molar-refractivity contribution is -0.117. The average molecular weight is 358 g/mol. The maximum absolute atomic E-state index is 12.8. The molecular formula is C17H18N4O3S. The van der Waals surface area contributed by atoms with Crippen LogP contribution in [-0.2, 0) is 9.59 Å². The molecule has 1 aliphatic heterocycles. The maximum atomic E-state index is 12.8. The number of carbonyl (C=O) groups excluding carboxylic acids is 2. The second-order valence-corrected chi connectivity index (χ2v) is 7.28. The lowest BCUT2D eigenvalue weighted by Gasteiger charge is -2.27. The highest BCUT2D eigenvalue weighted by molar-refractivity contribution is 7.99. The first kappa shape index (κ1) is 16.1. The molecule has 2 aliphatic rings. The van der Waals surface area contributed by atoms with E-state index in [1.807, 2.05) is 25.1 Å². The van der Waals surface area contributed by atoms with Crippen molar-refractivity contribution in [2.75, 3.05) is 16.0 Å². The van der Waals surface area contributed by atoms with Gasteiger partial charge in [0.15, 0.2) is 0 Å². The molecule has 1 aromatic carbocycles. The molecule has 1 unspecified atom stereocenters. The smallest absolute Gasteiger partial charge is 0.277 e. The Morgan fingerprint density at radius 3 is 2.96 bits per heavy atom. The van der Waals surface area contributed by atoms with E-state index in [2.05, 4.69) is 15.5 Å². The Bertz CT molecular complexity index is 818. The molecule has 25 heavy (non-hydrogen) atoms. The number of hydrogen-bond acceptors (Lipinski definition) is 6.